The Morgan fingerprint density at radius 2 is 2.06 bits per heavy atom. The van der Waals surface area contributed by atoms with Crippen LogP contribution in [0, 0.1) is 0 Å². The molecule has 0 bridgehead atoms. The van der Waals surface area contributed by atoms with Gasteiger partial charge in [-0.25, -0.2) is 9.97 Å². The largest absolute Gasteiger partial charge is 0.497 e. The summed E-state index contributed by atoms with van der Waals surface area (Å²) in [4.78, 5) is 8.45. The third-order valence-corrected chi connectivity index (χ3v) is 2.45. The van der Waals surface area contributed by atoms with E-state index >= 15 is 0 Å². The molecular formula is C13H14N2O. The van der Waals surface area contributed by atoms with E-state index in [9.17, 15) is 0 Å². The van der Waals surface area contributed by atoms with E-state index in [1.54, 1.807) is 13.4 Å². The van der Waals surface area contributed by atoms with Crippen LogP contribution in [0.5, 0.6) is 5.75 Å². The van der Waals surface area contributed by atoms with Crippen LogP contribution < -0.4 is 4.74 Å². The Morgan fingerprint density at radius 1 is 1.19 bits per heavy atom. The molecule has 0 saturated carbocycles. The number of benzene rings is 1. The quantitative estimate of drug-likeness (QED) is 0.788. The van der Waals surface area contributed by atoms with Crippen molar-refractivity contribution in [2.45, 2.75) is 13.3 Å². The highest BCUT2D eigenvalue weighted by Gasteiger charge is 2.02. The van der Waals surface area contributed by atoms with Crippen LogP contribution in [0.2, 0.25) is 0 Å². The van der Waals surface area contributed by atoms with Gasteiger partial charge in [0.25, 0.3) is 0 Å². The van der Waals surface area contributed by atoms with Gasteiger partial charge in [0.15, 0.2) is 0 Å². The van der Waals surface area contributed by atoms with Gasteiger partial charge in [0.05, 0.1) is 12.8 Å². The van der Waals surface area contributed by atoms with Gasteiger partial charge < -0.3 is 4.74 Å². The first-order chi connectivity index (χ1) is 7.83. The molecule has 0 aliphatic rings. The molecule has 0 N–H and O–H groups in total. The standard InChI is InChI=1S/C13H14N2O/c1-3-11-8-13(15-9-14-11)10-5-4-6-12(7-10)16-2/h4-9H,3H2,1-2H3. The fraction of sp³-hybridized carbons (Fsp3) is 0.231. The number of rotatable bonds is 3. The van der Waals surface area contributed by atoms with E-state index in [1.165, 1.54) is 0 Å². The predicted octanol–water partition coefficient (Wildman–Crippen LogP) is 2.71. The molecule has 0 saturated heterocycles. The number of aryl methyl sites for hydroxylation is 1. The Kier molecular flexibility index (Phi) is 3.15. The van der Waals surface area contributed by atoms with Crippen LogP contribution in [-0.4, -0.2) is 17.1 Å². The Labute approximate surface area is 95.1 Å². The van der Waals surface area contributed by atoms with Crippen molar-refractivity contribution in [1.82, 2.24) is 9.97 Å². The highest BCUT2D eigenvalue weighted by molar-refractivity contribution is 5.61. The van der Waals surface area contributed by atoms with Crippen molar-refractivity contribution in [3.05, 3.63) is 42.4 Å². The Hall–Kier alpha value is -1.90. The predicted molar refractivity (Wildman–Crippen MR) is 63.4 cm³/mol. The molecule has 1 aromatic carbocycles. The van der Waals surface area contributed by atoms with E-state index in [4.69, 9.17) is 4.74 Å². The van der Waals surface area contributed by atoms with Crippen molar-refractivity contribution in [1.29, 1.82) is 0 Å². The highest BCUT2D eigenvalue weighted by Crippen LogP contribution is 2.22. The molecular weight excluding hydrogens is 200 g/mol. The molecule has 3 nitrogen and oxygen atoms in total. The van der Waals surface area contributed by atoms with Crippen molar-refractivity contribution in [3.8, 4) is 17.0 Å². The summed E-state index contributed by atoms with van der Waals surface area (Å²) in [6.45, 7) is 2.08. The second kappa shape index (κ2) is 4.75. The van der Waals surface area contributed by atoms with Gasteiger partial charge in [0.1, 0.15) is 12.1 Å². The molecule has 0 radical (unpaired) electrons. The molecule has 0 fully saturated rings. The number of hydrogen-bond acceptors (Lipinski definition) is 3. The van der Waals surface area contributed by atoms with E-state index in [-0.39, 0.29) is 0 Å². The minimum Gasteiger partial charge on any atom is -0.497 e. The van der Waals surface area contributed by atoms with Crippen molar-refractivity contribution >= 4 is 0 Å². The molecule has 3 heteroatoms. The summed E-state index contributed by atoms with van der Waals surface area (Å²) in [5, 5.41) is 0. The molecule has 2 rings (SSSR count). The minimum atomic E-state index is 0.842. The van der Waals surface area contributed by atoms with Gasteiger partial charge in [0, 0.05) is 11.3 Å². The lowest BCUT2D eigenvalue weighted by atomic mass is 10.1. The first-order valence-corrected chi connectivity index (χ1v) is 5.29. The molecule has 82 valence electrons. The maximum atomic E-state index is 5.19. The van der Waals surface area contributed by atoms with Crippen LogP contribution in [-0.2, 0) is 6.42 Å². The summed E-state index contributed by atoms with van der Waals surface area (Å²) in [7, 11) is 1.66. The number of ether oxygens (including phenoxy) is 1. The van der Waals surface area contributed by atoms with Gasteiger partial charge >= 0.3 is 0 Å². The maximum Gasteiger partial charge on any atom is 0.119 e. The molecule has 0 atom stereocenters. The second-order valence-electron chi connectivity index (χ2n) is 3.48. The van der Waals surface area contributed by atoms with E-state index in [1.807, 2.05) is 30.3 Å². The van der Waals surface area contributed by atoms with Gasteiger partial charge in [-0.05, 0) is 24.6 Å². The molecule has 0 amide bonds. The number of hydrogen-bond donors (Lipinski definition) is 0. The first-order valence-electron chi connectivity index (χ1n) is 5.29. The van der Waals surface area contributed by atoms with Gasteiger partial charge in [-0.3, -0.25) is 0 Å². The average molecular weight is 214 g/mol. The van der Waals surface area contributed by atoms with Crippen molar-refractivity contribution in [2.75, 3.05) is 7.11 Å². The molecule has 16 heavy (non-hydrogen) atoms. The number of methoxy groups -OCH3 is 1. The average Bonchev–Trinajstić information content (AvgIpc) is 2.39. The maximum absolute atomic E-state index is 5.19. The molecule has 0 spiro atoms. The Morgan fingerprint density at radius 3 is 2.81 bits per heavy atom. The van der Waals surface area contributed by atoms with Gasteiger partial charge in [-0.2, -0.15) is 0 Å². The van der Waals surface area contributed by atoms with E-state index in [2.05, 4.69) is 16.9 Å². The molecule has 2 aromatic rings. The SMILES string of the molecule is CCc1cc(-c2cccc(OC)c2)ncn1. The van der Waals surface area contributed by atoms with E-state index in [0.29, 0.717) is 0 Å². The van der Waals surface area contributed by atoms with Crippen LogP contribution in [0.1, 0.15) is 12.6 Å². The summed E-state index contributed by atoms with van der Waals surface area (Å²) in [5.41, 5.74) is 3.04. The molecule has 0 unspecified atom stereocenters. The number of nitrogens with zero attached hydrogens (tertiary/aromatic N) is 2. The van der Waals surface area contributed by atoms with Crippen LogP contribution in [0.4, 0.5) is 0 Å². The lowest BCUT2D eigenvalue weighted by Crippen LogP contribution is -1.91. The Bertz CT molecular complexity index is 437. The van der Waals surface area contributed by atoms with E-state index < -0.39 is 0 Å². The minimum absolute atomic E-state index is 0.842. The zero-order valence-corrected chi connectivity index (χ0v) is 9.47. The highest BCUT2D eigenvalue weighted by atomic mass is 16.5. The van der Waals surface area contributed by atoms with Crippen LogP contribution in [0.15, 0.2) is 36.7 Å². The number of aromatic nitrogens is 2. The zero-order valence-electron chi connectivity index (χ0n) is 9.47. The summed E-state index contributed by atoms with van der Waals surface area (Å²) in [5.74, 6) is 0.842. The summed E-state index contributed by atoms with van der Waals surface area (Å²) in [6.07, 6.45) is 2.52. The lowest BCUT2D eigenvalue weighted by Gasteiger charge is -2.04. The summed E-state index contributed by atoms with van der Waals surface area (Å²) in [6, 6.07) is 9.88. The molecule has 1 aromatic heterocycles. The lowest BCUT2D eigenvalue weighted by molar-refractivity contribution is 0.415. The van der Waals surface area contributed by atoms with Gasteiger partial charge in [-0.15, -0.1) is 0 Å². The first kappa shape index (κ1) is 10.6. The molecule has 0 aliphatic carbocycles. The monoisotopic (exact) mass is 214 g/mol. The zero-order chi connectivity index (χ0) is 11.4. The third-order valence-electron chi connectivity index (χ3n) is 2.45. The van der Waals surface area contributed by atoms with Crippen molar-refractivity contribution in [2.24, 2.45) is 0 Å². The van der Waals surface area contributed by atoms with Crippen LogP contribution >= 0.6 is 0 Å². The normalized spacial score (nSPS) is 10.1. The smallest absolute Gasteiger partial charge is 0.119 e. The van der Waals surface area contributed by atoms with Crippen LogP contribution in [0.25, 0.3) is 11.3 Å². The molecule has 0 aliphatic heterocycles. The van der Waals surface area contributed by atoms with E-state index in [0.717, 1.165) is 29.1 Å². The topological polar surface area (TPSA) is 35.0 Å². The summed E-state index contributed by atoms with van der Waals surface area (Å²) >= 11 is 0. The molecule has 1 heterocycles. The Balaban J connectivity index is 2.41. The second-order valence-corrected chi connectivity index (χ2v) is 3.48. The van der Waals surface area contributed by atoms with Crippen LogP contribution in [0.3, 0.4) is 0 Å². The fourth-order valence-electron chi connectivity index (χ4n) is 1.53. The van der Waals surface area contributed by atoms with Crippen molar-refractivity contribution in [3.63, 3.8) is 0 Å². The van der Waals surface area contributed by atoms with Crippen molar-refractivity contribution < 1.29 is 4.74 Å². The fourth-order valence-corrected chi connectivity index (χ4v) is 1.53. The van der Waals surface area contributed by atoms with Gasteiger partial charge in [-0.1, -0.05) is 19.1 Å². The summed E-state index contributed by atoms with van der Waals surface area (Å²) < 4.78 is 5.19. The third kappa shape index (κ3) is 2.19. The van der Waals surface area contributed by atoms with Gasteiger partial charge in [0.2, 0.25) is 0 Å².